The molecule has 4 nitrogen and oxygen atoms in total. The van der Waals surface area contributed by atoms with Gasteiger partial charge >= 0.3 is 0 Å². The highest BCUT2D eigenvalue weighted by molar-refractivity contribution is 5.92. The monoisotopic (exact) mass is 364 g/mol. The zero-order valence-electron chi connectivity index (χ0n) is 15.7. The molecule has 0 spiro atoms. The summed E-state index contributed by atoms with van der Waals surface area (Å²) < 4.78 is 0. The molecular weight excluding hydrogens is 336 g/mol. The van der Waals surface area contributed by atoms with Crippen LogP contribution in [0.15, 0.2) is 60.7 Å². The Morgan fingerprint density at radius 2 is 1.11 bits per heavy atom. The van der Waals surface area contributed by atoms with Gasteiger partial charge in [0.1, 0.15) is 0 Å². The van der Waals surface area contributed by atoms with Crippen LogP contribution in [0.2, 0.25) is 0 Å². The van der Waals surface area contributed by atoms with Gasteiger partial charge in [-0.1, -0.05) is 60.7 Å². The summed E-state index contributed by atoms with van der Waals surface area (Å²) in [5.74, 6) is -0.244. The van der Waals surface area contributed by atoms with Gasteiger partial charge in [0.2, 0.25) is 11.8 Å². The third kappa shape index (κ3) is 6.24. The Bertz CT molecular complexity index is 667. The molecule has 2 aromatic carbocycles. The Morgan fingerprint density at radius 3 is 1.52 bits per heavy atom. The predicted molar refractivity (Wildman–Crippen MR) is 107 cm³/mol. The largest absolute Gasteiger partial charge is 0.356 e. The van der Waals surface area contributed by atoms with E-state index in [0.29, 0.717) is 19.5 Å². The molecule has 0 bridgehead atoms. The standard InChI is InChI=1S/C23H28N2O2/c26-22(24-15-7-13-18-9-3-1-4-10-18)20-17-21(20)23(27)25-16-8-14-19-11-5-2-6-12-19/h1-6,9-12,20-21H,7-8,13-17H2,(H,24,26)(H,25,27). The summed E-state index contributed by atoms with van der Waals surface area (Å²) in [5.41, 5.74) is 2.57. The van der Waals surface area contributed by atoms with E-state index >= 15 is 0 Å². The number of benzene rings is 2. The van der Waals surface area contributed by atoms with Crippen LogP contribution in [0, 0.1) is 11.8 Å². The molecule has 2 amide bonds. The van der Waals surface area contributed by atoms with E-state index in [9.17, 15) is 9.59 Å². The molecule has 1 saturated carbocycles. The van der Waals surface area contributed by atoms with E-state index in [4.69, 9.17) is 0 Å². The average molecular weight is 364 g/mol. The van der Waals surface area contributed by atoms with Crippen LogP contribution in [-0.4, -0.2) is 24.9 Å². The minimum atomic E-state index is -0.143. The van der Waals surface area contributed by atoms with Gasteiger partial charge in [-0.2, -0.15) is 0 Å². The van der Waals surface area contributed by atoms with E-state index in [2.05, 4.69) is 34.9 Å². The first kappa shape index (κ1) is 19.2. The molecule has 1 aliphatic rings. The van der Waals surface area contributed by atoms with Crippen LogP contribution < -0.4 is 10.6 Å². The Morgan fingerprint density at radius 1 is 0.704 bits per heavy atom. The van der Waals surface area contributed by atoms with Gasteiger partial charge < -0.3 is 10.6 Å². The second-order valence-corrected chi connectivity index (χ2v) is 7.21. The second kappa shape index (κ2) is 9.91. The smallest absolute Gasteiger partial charge is 0.223 e. The molecule has 0 heterocycles. The van der Waals surface area contributed by atoms with E-state index in [0.717, 1.165) is 25.7 Å². The van der Waals surface area contributed by atoms with Crippen molar-refractivity contribution >= 4 is 11.8 Å². The first-order chi connectivity index (χ1) is 13.2. The second-order valence-electron chi connectivity index (χ2n) is 7.21. The first-order valence-corrected chi connectivity index (χ1v) is 9.87. The molecule has 4 heteroatoms. The van der Waals surface area contributed by atoms with Crippen molar-refractivity contribution in [3.8, 4) is 0 Å². The number of aryl methyl sites for hydroxylation is 2. The van der Waals surface area contributed by atoms with Gasteiger partial charge in [0.05, 0.1) is 11.8 Å². The fraction of sp³-hybridized carbons (Fsp3) is 0.391. The number of carbonyl (C=O) groups excluding carboxylic acids is 2. The molecule has 2 N–H and O–H groups in total. The average Bonchev–Trinajstić information content (AvgIpc) is 3.51. The third-order valence-corrected chi connectivity index (χ3v) is 5.03. The highest BCUT2D eigenvalue weighted by Crippen LogP contribution is 2.38. The van der Waals surface area contributed by atoms with Crippen LogP contribution in [-0.2, 0) is 22.4 Å². The van der Waals surface area contributed by atoms with Gasteiger partial charge in [0.25, 0.3) is 0 Å². The van der Waals surface area contributed by atoms with Crippen LogP contribution in [0.3, 0.4) is 0 Å². The molecule has 1 aliphatic carbocycles. The van der Waals surface area contributed by atoms with Crippen molar-refractivity contribution in [3.05, 3.63) is 71.8 Å². The van der Waals surface area contributed by atoms with Crippen molar-refractivity contribution in [1.82, 2.24) is 10.6 Å². The van der Waals surface area contributed by atoms with Crippen molar-refractivity contribution in [2.75, 3.05) is 13.1 Å². The van der Waals surface area contributed by atoms with Gasteiger partial charge in [0.15, 0.2) is 0 Å². The van der Waals surface area contributed by atoms with Crippen molar-refractivity contribution in [3.63, 3.8) is 0 Å². The van der Waals surface area contributed by atoms with Gasteiger partial charge in [-0.3, -0.25) is 9.59 Å². The molecule has 2 unspecified atom stereocenters. The molecule has 0 radical (unpaired) electrons. The van der Waals surface area contributed by atoms with Gasteiger partial charge in [0, 0.05) is 13.1 Å². The number of nitrogens with one attached hydrogen (secondary N) is 2. The Balaban J connectivity index is 1.26. The predicted octanol–water partition coefficient (Wildman–Crippen LogP) is 3.12. The van der Waals surface area contributed by atoms with Crippen molar-refractivity contribution in [1.29, 1.82) is 0 Å². The fourth-order valence-corrected chi connectivity index (χ4v) is 3.33. The summed E-state index contributed by atoms with van der Waals surface area (Å²) in [6, 6.07) is 20.5. The van der Waals surface area contributed by atoms with Gasteiger partial charge in [-0.15, -0.1) is 0 Å². The summed E-state index contributed by atoms with van der Waals surface area (Å²) in [7, 11) is 0. The van der Waals surface area contributed by atoms with E-state index in [1.54, 1.807) is 0 Å². The summed E-state index contributed by atoms with van der Waals surface area (Å²) in [4.78, 5) is 24.3. The minimum Gasteiger partial charge on any atom is -0.356 e. The van der Waals surface area contributed by atoms with Gasteiger partial charge in [-0.05, 0) is 43.2 Å². The topological polar surface area (TPSA) is 58.2 Å². The summed E-state index contributed by atoms with van der Waals surface area (Å²) in [5, 5.41) is 5.94. The van der Waals surface area contributed by atoms with Crippen molar-refractivity contribution in [2.24, 2.45) is 11.8 Å². The molecule has 2 aromatic rings. The lowest BCUT2D eigenvalue weighted by molar-refractivity contribution is -0.127. The fourth-order valence-electron chi connectivity index (χ4n) is 3.33. The summed E-state index contributed by atoms with van der Waals surface area (Å²) in [6.45, 7) is 1.32. The van der Waals surface area contributed by atoms with E-state index in [-0.39, 0.29) is 23.7 Å². The first-order valence-electron chi connectivity index (χ1n) is 9.87. The van der Waals surface area contributed by atoms with Crippen LogP contribution in [0.1, 0.15) is 30.4 Å². The molecule has 1 fully saturated rings. The third-order valence-electron chi connectivity index (χ3n) is 5.03. The van der Waals surface area contributed by atoms with E-state index in [1.807, 2.05) is 36.4 Å². The minimum absolute atomic E-state index is 0.0208. The highest BCUT2D eigenvalue weighted by atomic mass is 16.2. The number of amides is 2. The number of hydrogen-bond acceptors (Lipinski definition) is 2. The molecule has 3 rings (SSSR count). The highest BCUT2D eigenvalue weighted by Gasteiger charge is 2.47. The van der Waals surface area contributed by atoms with Crippen LogP contribution >= 0.6 is 0 Å². The zero-order valence-corrected chi connectivity index (χ0v) is 15.7. The maximum atomic E-state index is 12.2. The number of carbonyl (C=O) groups is 2. The lowest BCUT2D eigenvalue weighted by atomic mass is 10.1. The van der Waals surface area contributed by atoms with Crippen molar-refractivity contribution < 1.29 is 9.59 Å². The maximum absolute atomic E-state index is 12.2. The maximum Gasteiger partial charge on any atom is 0.223 e. The molecule has 0 aromatic heterocycles. The molecule has 2 atom stereocenters. The molecule has 0 aliphatic heterocycles. The van der Waals surface area contributed by atoms with E-state index in [1.165, 1.54) is 11.1 Å². The quantitative estimate of drug-likeness (QED) is 0.637. The lowest BCUT2D eigenvalue weighted by Crippen LogP contribution is -2.31. The van der Waals surface area contributed by atoms with E-state index < -0.39 is 0 Å². The lowest BCUT2D eigenvalue weighted by Gasteiger charge is -2.06. The van der Waals surface area contributed by atoms with Gasteiger partial charge in [-0.25, -0.2) is 0 Å². The summed E-state index contributed by atoms with van der Waals surface area (Å²) in [6.07, 6.45) is 4.42. The summed E-state index contributed by atoms with van der Waals surface area (Å²) >= 11 is 0. The normalized spacial score (nSPS) is 17.9. The Kier molecular flexibility index (Phi) is 7.03. The van der Waals surface area contributed by atoms with Crippen LogP contribution in [0.25, 0.3) is 0 Å². The molecule has 142 valence electrons. The molecular formula is C23H28N2O2. The van der Waals surface area contributed by atoms with Crippen molar-refractivity contribution in [2.45, 2.75) is 32.1 Å². The number of rotatable bonds is 10. The SMILES string of the molecule is O=C(NCCCc1ccccc1)C1CC1C(=O)NCCCc1ccccc1. The Labute approximate surface area is 161 Å². The zero-order chi connectivity index (χ0) is 18.9. The molecule has 0 saturated heterocycles. The molecule has 27 heavy (non-hydrogen) atoms. The van der Waals surface area contributed by atoms with Crippen LogP contribution in [0.5, 0.6) is 0 Å². The Hall–Kier alpha value is -2.62. The number of hydrogen-bond donors (Lipinski definition) is 2. The van der Waals surface area contributed by atoms with Crippen LogP contribution in [0.4, 0.5) is 0 Å².